The molecular formula is C19H18F3NO. The van der Waals surface area contributed by atoms with Crippen molar-refractivity contribution in [2.24, 2.45) is 5.92 Å². The van der Waals surface area contributed by atoms with Gasteiger partial charge in [-0.15, -0.1) is 0 Å². The molecule has 1 N–H and O–H groups in total. The number of hydrogen-bond acceptors (Lipinski definition) is 1. The standard InChI is InChI=1S/C19H18F3NO/c1-11-7-12(2)9-15(8-11)23-18(24)17-10-16(17)13-3-5-14(6-4-13)19(20,21)22/h3-9,16-17H,10H2,1-2H3,(H,23,24). The molecule has 0 radical (unpaired) electrons. The van der Waals surface area contributed by atoms with Gasteiger partial charge in [-0.05, 0) is 67.1 Å². The Morgan fingerprint density at radius 2 is 1.62 bits per heavy atom. The molecule has 2 nitrogen and oxygen atoms in total. The van der Waals surface area contributed by atoms with E-state index in [1.807, 2.05) is 32.0 Å². The molecule has 0 aliphatic heterocycles. The number of nitrogens with one attached hydrogen (secondary N) is 1. The van der Waals surface area contributed by atoms with Gasteiger partial charge in [0.05, 0.1) is 5.56 Å². The molecule has 0 bridgehead atoms. The van der Waals surface area contributed by atoms with E-state index in [0.29, 0.717) is 6.42 Å². The lowest BCUT2D eigenvalue weighted by atomic mass is 10.1. The predicted molar refractivity (Wildman–Crippen MR) is 86.8 cm³/mol. The summed E-state index contributed by atoms with van der Waals surface area (Å²) >= 11 is 0. The molecule has 1 amide bonds. The van der Waals surface area contributed by atoms with Crippen molar-refractivity contribution >= 4 is 11.6 Å². The first-order chi connectivity index (χ1) is 11.2. The van der Waals surface area contributed by atoms with Crippen LogP contribution in [-0.2, 0) is 11.0 Å². The zero-order valence-electron chi connectivity index (χ0n) is 13.4. The number of anilines is 1. The maximum Gasteiger partial charge on any atom is 0.416 e. The number of amides is 1. The maximum atomic E-state index is 12.6. The van der Waals surface area contributed by atoms with Crippen molar-refractivity contribution in [2.45, 2.75) is 32.4 Å². The van der Waals surface area contributed by atoms with Crippen LogP contribution in [0.25, 0.3) is 0 Å². The average molecular weight is 333 g/mol. The number of carbonyl (C=O) groups excluding carboxylic acids is 1. The Hall–Kier alpha value is -2.30. The van der Waals surface area contributed by atoms with Crippen LogP contribution in [0.1, 0.15) is 34.6 Å². The molecule has 2 unspecified atom stereocenters. The summed E-state index contributed by atoms with van der Waals surface area (Å²) in [6.07, 6.45) is -3.66. The van der Waals surface area contributed by atoms with Gasteiger partial charge in [-0.25, -0.2) is 0 Å². The van der Waals surface area contributed by atoms with Crippen molar-refractivity contribution in [3.05, 3.63) is 64.7 Å². The molecule has 2 aromatic rings. The Kier molecular flexibility index (Phi) is 4.11. The summed E-state index contributed by atoms with van der Waals surface area (Å²) in [5.41, 5.74) is 3.02. The lowest BCUT2D eigenvalue weighted by Gasteiger charge is -2.09. The monoisotopic (exact) mass is 333 g/mol. The Morgan fingerprint density at radius 1 is 1.04 bits per heavy atom. The Balaban J connectivity index is 1.65. The first-order valence-electron chi connectivity index (χ1n) is 7.80. The van der Waals surface area contributed by atoms with Crippen LogP contribution in [0.2, 0.25) is 0 Å². The van der Waals surface area contributed by atoms with E-state index in [-0.39, 0.29) is 17.7 Å². The highest BCUT2D eigenvalue weighted by Crippen LogP contribution is 2.48. The topological polar surface area (TPSA) is 29.1 Å². The smallest absolute Gasteiger partial charge is 0.326 e. The second-order valence-electron chi connectivity index (χ2n) is 6.43. The van der Waals surface area contributed by atoms with E-state index in [0.717, 1.165) is 34.5 Å². The summed E-state index contributed by atoms with van der Waals surface area (Å²) < 4.78 is 37.8. The number of benzene rings is 2. The highest BCUT2D eigenvalue weighted by molar-refractivity contribution is 5.95. The zero-order valence-corrected chi connectivity index (χ0v) is 13.4. The van der Waals surface area contributed by atoms with Gasteiger partial charge in [0.15, 0.2) is 0 Å². The van der Waals surface area contributed by atoms with Crippen molar-refractivity contribution in [2.75, 3.05) is 5.32 Å². The van der Waals surface area contributed by atoms with Gasteiger partial charge in [0.2, 0.25) is 5.91 Å². The highest BCUT2D eigenvalue weighted by Gasteiger charge is 2.44. The number of carbonyl (C=O) groups is 1. The van der Waals surface area contributed by atoms with E-state index in [2.05, 4.69) is 5.32 Å². The van der Waals surface area contributed by atoms with Crippen LogP contribution in [0.3, 0.4) is 0 Å². The summed E-state index contributed by atoms with van der Waals surface area (Å²) in [5.74, 6) is -0.259. The van der Waals surface area contributed by atoms with E-state index in [9.17, 15) is 18.0 Å². The molecule has 1 fully saturated rings. The molecule has 126 valence electrons. The molecule has 1 saturated carbocycles. The maximum absolute atomic E-state index is 12.6. The number of hydrogen-bond donors (Lipinski definition) is 1. The molecule has 5 heteroatoms. The number of aryl methyl sites for hydroxylation is 2. The van der Waals surface area contributed by atoms with Crippen molar-refractivity contribution < 1.29 is 18.0 Å². The predicted octanol–water partition coefficient (Wildman–Crippen LogP) is 5.06. The van der Waals surface area contributed by atoms with Gasteiger partial charge in [0.1, 0.15) is 0 Å². The minimum Gasteiger partial charge on any atom is -0.326 e. The van der Waals surface area contributed by atoms with Crippen LogP contribution in [0.15, 0.2) is 42.5 Å². The first-order valence-corrected chi connectivity index (χ1v) is 7.80. The van der Waals surface area contributed by atoms with Gasteiger partial charge in [0.25, 0.3) is 0 Å². The summed E-state index contributed by atoms with van der Waals surface area (Å²) in [4.78, 5) is 12.3. The van der Waals surface area contributed by atoms with E-state index in [4.69, 9.17) is 0 Å². The fourth-order valence-corrected chi connectivity index (χ4v) is 3.05. The summed E-state index contributed by atoms with van der Waals surface area (Å²) in [7, 11) is 0. The van der Waals surface area contributed by atoms with Gasteiger partial charge >= 0.3 is 6.18 Å². The minimum absolute atomic E-state index is 0.00168. The van der Waals surface area contributed by atoms with Crippen LogP contribution in [-0.4, -0.2) is 5.91 Å². The van der Waals surface area contributed by atoms with Gasteiger partial charge in [-0.2, -0.15) is 13.2 Å². The first kappa shape index (κ1) is 16.6. The molecule has 3 rings (SSSR count). The summed E-state index contributed by atoms with van der Waals surface area (Å²) in [6.45, 7) is 3.93. The van der Waals surface area contributed by atoms with Gasteiger partial charge < -0.3 is 5.32 Å². The second kappa shape index (κ2) is 5.96. The zero-order chi connectivity index (χ0) is 17.5. The Bertz CT molecular complexity index is 745. The van der Waals surface area contributed by atoms with E-state index >= 15 is 0 Å². The number of halogens is 3. The lowest BCUT2D eigenvalue weighted by Crippen LogP contribution is -2.14. The molecule has 0 saturated heterocycles. The van der Waals surface area contributed by atoms with Crippen LogP contribution in [0, 0.1) is 19.8 Å². The summed E-state index contributed by atoms with van der Waals surface area (Å²) in [6, 6.07) is 10.9. The molecule has 1 aliphatic rings. The van der Waals surface area contributed by atoms with E-state index in [1.165, 1.54) is 12.1 Å². The highest BCUT2D eigenvalue weighted by atomic mass is 19.4. The molecule has 24 heavy (non-hydrogen) atoms. The number of rotatable bonds is 3. The molecule has 0 spiro atoms. The molecule has 2 aromatic carbocycles. The minimum atomic E-state index is -4.33. The van der Waals surface area contributed by atoms with Crippen molar-refractivity contribution in [1.82, 2.24) is 0 Å². The van der Waals surface area contributed by atoms with Crippen LogP contribution >= 0.6 is 0 Å². The van der Waals surface area contributed by atoms with E-state index < -0.39 is 11.7 Å². The fourth-order valence-electron chi connectivity index (χ4n) is 3.05. The van der Waals surface area contributed by atoms with Crippen LogP contribution < -0.4 is 5.32 Å². The molecule has 2 atom stereocenters. The molecule has 0 heterocycles. The van der Waals surface area contributed by atoms with Gasteiger partial charge in [-0.1, -0.05) is 18.2 Å². The average Bonchev–Trinajstić information content (AvgIpc) is 3.26. The van der Waals surface area contributed by atoms with Crippen molar-refractivity contribution in [3.8, 4) is 0 Å². The van der Waals surface area contributed by atoms with E-state index in [1.54, 1.807) is 0 Å². The lowest BCUT2D eigenvalue weighted by molar-refractivity contribution is -0.137. The fraction of sp³-hybridized carbons (Fsp3) is 0.316. The largest absolute Gasteiger partial charge is 0.416 e. The Morgan fingerprint density at radius 3 is 2.17 bits per heavy atom. The second-order valence-corrected chi connectivity index (χ2v) is 6.43. The molecule has 0 aromatic heterocycles. The third kappa shape index (κ3) is 3.61. The van der Waals surface area contributed by atoms with Crippen molar-refractivity contribution in [3.63, 3.8) is 0 Å². The summed E-state index contributed by atoms with van der Waals surface area (Å²) in [5, 5.41) is 2.90. The van der Waals surface area contributed by atoms with Crippen LogP contribution in [0.4, 0.5) is 18.9 Å². The third-order valence-corrected chi connectivity index (χ3v) is 4.28. The normalized spacial score (nSPS) is 19.9. The van der Waals surface area contributed by atoms with Gasteiger partial charge in [0, 0.05) is 11.6 Å². The molecule has 1 aliphatic carbocycles. The van der Waals surface area contributed by atoms with Crippen LogP contribution in [0.5, 0.6) is 0 Å². The SMILES string of the molecule is Cc1cc(C)cc(NC(=O)C2CC2c2ccc(C(F)(F)F)cc2)c1. The molecular weight excluding hydrogens is 315 g/mol. The van der Waals surface area contributed by atoms with Crippen molar-refractivity contribution in [1.29, 1.82) is 0 Å². The third-order valence-electron chi connectivity index (χ3n) is 4.28. The Labute approximate surface area is 138 Å². The number of alkyl halides is 3. The van der Waals surface area contributed by atoms with Gasteiger partial charge in [-0.3, -0.25) is 4.79 Å². The quantitative estimate of drug-likeness (QED) is 0.835.